The summed E-state index contributed by atoms with van der Waals surface area (Å²) in [5, 5.41) is 18.7. The molecule has 1 aromatic carbocycles. The van der Waals surface area contributed by atoms with E-state index in [1.807, 2.05) is 0 Å². The van der Waals surface area contributed by atoms with Crippen molar-refractivity contribution in [3.63, 3.8) is 0 Å². The lowest BCUT2D eigenvalue weighted by molar-refractivity contribution is 0.338. The van der Waals surface area contributed by atoms with Gasteiger partial charge in [-0.05, 0) is 6.42 Å². The molecule has 0 aromatic heterocycles. The third-order valence-corrected chi connectivity index (χ3v) is 2.78. The fraction of sp³-hybridized carbons (Fsp3) is 0.111. The predicted octanol–water partition coefficient (Wildman–Crippen LogP) is 0.842. The molecule has 0 spiro atoms. The van der Waals surface area contributed by atoms with Crippen LogP contribution in [-0.4, -0.2) is 18.6 Å². The lowest BCUT2D eigenvalue weighted by atomic mass is 10.1. The quantitative estimate of drug-likeness (QED) is 0.591. The summed E-state index contributed by atoms with van der Waals surface area (Å²) in [7, 11) is -4.22. The number of phenols is 2. The van der Waals surface area contributed by atoms with Gasteiger partial charge in [0.2, 0.25) is 5.75 Å². The monoisotopic (exact) mass is 244 g/mol. The third-order valence-electron chi connectivity index (χ3n) is 2.02. The molecule has 1 heterocycles. The Balaban J connectivity index is 2.70. The van der Waals surface area contributed by atoms with Crippen molar-refractivity contribution in [1.29, 1.82) is 0 Å². The van der Waals surface area contributed by atoms with Gasteiger partial charge in [-0.25, -0.2) is 0 Å². The van der Waals surface area contributed by atoms with E-state index in [-0.39, 0.29) is 17.9 Å². The highest BCUT2D eigenvalue weighted by molar-refractivity contribution is 7.82. The molecule has 2 rings (SSSR count). The predicted molar refractivity (Wildman–Crippen MR) is 53.8 cm³/mol. The van der Waals surface area contributed by atoms with E-state index in [0.717, 1.165) is 6.07 Å². The molecule has 7 heteroatoms. The van der Waals surface area contributed by atoms with Crippen LogP contribution in [0.5, 0.6) is 23.0 Å². The van der Waals surface area contributed by atoms with Crippen LogP contribution in [0.1, 0.15) is 5.56 Å². The molecule has 0 aliphatic carbocycles. The summed E-state index contributed by atoms with van der Waals surface area (Å²) in [5.41, 5.74) is 0.320. The highest BCUT2D eigenvalue weighted by atomic mass is 32.3. The number of phenolic OH excluding ortho intramolecular Hbond substituents is 2. The zero-order valence-corrected chi connectivity index (χ0v) is 8.82. The minimum absolute atomic E-state index is 0.0727. The zero-order chi connectivity index (χ0) is 11.9. The number of hydrogen-bond donors (Lipinski definition) is 2. The summed E-state index contributed by atoms with van der Waals surface area (Å²) in [4.78, 5) is 0. The number of rotatable bonds is 2. The van der Waals surface area contributed by atoms with Crippen LogP contribution in [0.2, 0.25) is 0 Å². The molecular formula is C9H8O6S. The minimum atomic E-state index is -4.22. The molecule has 2 bridgehead atoms. The van der Waals surface area contributed by atoms with E-state index in [1.54, 1.807) is 0 Å². The van der Waals surface area contributed by atoms with Crippen LogP contribution in [0, 0.1) is 0 Å². The number of fused-ring (bicyclic) bond motifs is 2. The molecule has 1 aliphatic heterocycles. The first kappa shape index (κ1) is 10.6. The average Bonchev–Trinajstić information content (AvgIpc) is 2.17. The van der Waals surface area contributed by atoms with Crippen molar-refractivity contribution in [3.05, 3.63) is 24.3 Å². The molecule has 16 heavy (non-hydrogen) atoms. The molecule has 0 atom stereocenters. The SMILES string of the molecule is C=CCc1c2cc(O)c(O)c1OS(=O)(=O)O2. The highest BCUT2D eigenvalue weighted by Crippen LogP contribution is 2.47. The van der Waals surface area contributed by atoms with Crippen LogP contribution >= 0.6 is 0 Å². The van der Waals surface area contributed by atoms with E-state index in [9.17, 15) is 18.6 Å². The summed E-state index contributed by atoms with van der Waals surface area (Å²) < 4.78 is 31.2. The zero-order valence-electron chi connectivity index (χ0n) is 8.00. The molecule has 0 saturated heterocycles. The van der Waals surface area contributed by atoms with E-state index in [0.29, 0.717) is 5.56 Å². The Bertz CT molecular complexity index is 560. The van der Waals surface area contributed by atoms with Crippen LogP contribution in [0.15, 0.2) is 18.7 Å². The van der Waals surface area contributed by atoms with E-state index in [2.05, 4.69) is 14.9 Å². The molecule has 2 N–H and O–H groups in total. The van der Waals surface area contributed by atoms with Gasteiger partial charge in [0, 0.05) is 11.6 Å². The van der Waals surface area contributed by atoms with Gasteiger partial charge in [0.25, 0.3) is 0 Å². The van der Waals surface area contributed by atoms with Crippen LogP contribution < -0.4 is 8.37 Å². The van der Waals surface area contributed by atoms with E-state index in [4.69, 9.17) is 0 Å². The second kappa shape index (κ2) is 3.31. The molecular weight excluding hydrogens is 236 g/mol. The summed E-state index contributed by atoms with van der Waals surface area (Å²) in [6, 6.07) is 1.01. The normalized spacial score (nSPS) is 16.0. The van der Waals surface area contributed by atoms with Gasteiger partial charge >= 0.3 is 10.4 Å². The molecule has 1 aromatic rings. The van der Waals surface area contributed by atoms with Gasteiger partial charge in [-0.2, -0.15) is 0 Å². The second-order valence-electron chi connectivity index (χ2n) is 3.12. The average molecular weight is 244 g/mol. The van der Waals surface area contributed by atoms with Crippen LogP contribution in [0.4, 0.5) is 0 Å². The van der Waals surface area contributed by atoms with Crippen molar-refractivity contribution in [3.8, 4) is 23.0 Å². The molecule has 0 saturated carbocycles. The Morgan fingerprint density at radius 2 is 2.06 bits per heavy atom. The lowest BCUT2D eigenvalue weighted by Gasteiger charge is -2.20. The molecule has 0 fully saturated rings. The van der Waals surface area contributed by atoms with E-state index in [1.165, 1.54) is 6.08 Å². The van der Waals surface area contributed by atoms with Crippen molar-refractivity contribution >= 4 is 10.4 Å². The van der Waals surface area contributed by atoms with Gasteiger partial charge in [-0.3, -0.25) is 0 Å². The Morgan fingerprint density at radius 3 is 2.69 bits per heavy atom. The largest absolute Gasteiger partial charge is 0.504 e. The van der Waals surface area contributed by atoms with Crippen LogP contribution in [0.25, 0.3) is 0 Å². The summed E-state index contributed by atoms with van der Waals surface area (Å²) in [6.45, 7) is 3.48. The molecule has 0 amide bonds. The van der Waals surface area contributed by atoms with Gasteiger partial charge in [0.1, 0.15) is 0 Å². The Labute approximate surface area is 91.7 Å². The fourth-order valence-corrected chi connectivity index (χ4v) is 2.17. The lowest BCUT2D eigenvalue weighted by Crippen LogP contribution is -2.22. The Kier molecular flexibility index (Phi) is 2.20. The van der Waals surface area contributed by atoms with E-state index >= 15 is 0 Å². The Morgan fingerprint density at radius 1 is 1.38 bits per heavy atom. The van der Waals surface area contributed by atoms with Gasteiger partial charge in [-0.15, -0.1) is 15.0 Å². The van der Waals surface area contributed by atoms with Gasteiger partial charge in [-0.1, -0.05) is 6.08 Å². The standard InChI is InChI=1S/C9H8O6S/c1-2-3-5-7-4-6(10)8(11)9(5)15-16(12,13)14-7/h2,4,10-11H,1,3H2. The first-order chi connectivity index (χ1) is 7.44. The summed E-state index contributed by atoms with van der Waals surface area (Å²) in [6.07, 6.45) is 1.73. The van der Waals surface area contributed by atoms with Gasteiger partial charge in [0.15, 0.2) is 17.2 Å². The maximum atomic E-state index is 11.1. The first-order valence-electron chi connectivity index (χ1n) is 4.27. The second-order valence-corrected chi connectivity index (χ2v) is 4.27. The topological polar surface area (TPSA) is 93.1 Å². The molecule has 86 valence electrons. The summed E-state index contributed by atoms with van der Waals surface area (Å²) >= 11 is 0. The number of hydrogen-bond acceptors (Lipinski definition) is 6. The fourth-order valence-electron chi connectivity index (χ4n) is 1.38. The minimum Gasteiger partial charge on any atom is -0.504 e. The molecule has 0 radical (unpaired) electrons. The van der Waals surface area contributed by atoms with E-state index < -0.39 is 21.9 Å². The maximum Gasteiger partial charge on any atom is 0.501 e. The van der Waals surface area contributed by atoms with Crippen molar-refractivity contribution in [2.75, 3.05) is 0 Å². The summed E-state index contributed by atoms with van der Waals surface area (Å²) in [5.74, 6) is -1.53. The van der Waals surface area contributed by atoms with Gasteiger partial charge < -0.3 is 18.6 Å². The molecule has 1 aliphatic rings. The highest BCUT2D eigenvalue weighted by Gasteiger charge is 2.32. The number of allylic oxidation sites excluding steroid dienone is 1. The smallest absolute Gasteiger partial charge is 0.501 e. The Hall–Kier alpha value is -1.89. The van der Waals surface area contributed by atoms with Crippen molar-refractivity contribution in [2.45, 2.75) is 6.42 Å². The third kappa shape index (κ3) is 1.54. The number of aromatic hydroxyl groups is 2. The van der Waals surface area contributed by atoms with Crippen molar-refractivity contribution < 1.29 is 27.0 Å². The number of benzene rings is 1. The maximum absolute atomic E-state index is 11.1. The van der Waals surface area contributed by atoms with Gasteiger partial charge in [0.05, 0.1) is 0 Å². The molecule has 0 unspecified atom stereocenters. The molecule has 6 nitrogen and oxygen atoms in total. The van der Waals surface area contributed by atoms with Crippen molar-refractivity contribution in [1.82, 2.24) is 0 Å². The first-order valence-corrected chi connectivity index (χ1v) is 5.60. The van der Waals surface area contributed by atoms with Crippen LogP contribution in [-0.2, 0) is 16.8 Å². The van der Waals surface area contributed by atoms with Crippen molar-refractivity contribution in [2.24, 2.45) is 0 Å². The van der Waals surface area contributed by atoms with Crippen LogP contribution in [0.3, 0.4) is 0 Å².